The van der Waals surface area contributed by atoms with Crippen LogP contribution in [0.4, 0.5) is 0 Å². The molecule has 0 atom stereocenters. The van der Waals surface area contributed by atoms with Gasteiger partial charge in [0.1, 0.15) is 0 Å². The predicted molar refractivity (Wildman–Crippen MR) is 43.1 cm³/mol. The fraction of sp³-hybridized carbons (Fsp3) is 0. The highest BCUT2D eigenvalue weighted by atomic mass is 35.9. The molecule has 0 aliphatic carbocycles. The summed E-state index contributed by atoms with van der Waals surface area (Å²) in [4.78, 5) is 15.2. The molecule has 0 aliphatic heterocycles. The van der Waals surface area contributed by atoms with Crippen LogP contribution < -0.4 is 0 Å². The standard InChI is InChI=1S/2Cl2HO2P/c2*1-5(2,3)4/h2*(H,3,4). The third kappa shape index (κ3) is 293. The predicted octanol–water partition coefficient (Wildman–Crippen LogP) is 3.13. The van der Waals surface area contributed by atoms with E-state index in [1.807, 2.05) is 0 Å². The Morgan fingerprint density at radius 3 is 0.800 bits per heavy atom. The van der Waals surface area contributed by atoms with Gasteiger partial charge in [-0.2, -0.15) is 0 Å². The van der Waals surface area contributed by atoms with E-state index in [0.29, 0.717) is 0 Å². The van der Waals surface area contributed by atoms with Crippen LogP contribution in [0, 0.1) is 0 Å². The maximum atomic E-state index is 9.30. The van der Waals surface area contributed by atoms with Crippen LogP contribution in [0.15, 0.2) is 0 Å². The Balaban J connectivity index is 0. The fourth-order valence-corrected chi connectivity index (χ4v) is 0. The van der Waals surface area contributed by atoms with Gasteiger partial charge in [0.15, 0.2) is 0 Å². The molecule has 0 saturated heterocycles. The molecule has 0 unspecified atom stereocenters. The van der Waals surface area contributed by atoms with E-state index < -0.39 is 12.1 Å². The molecular formula is H2Cl4O4P2. The number of hydrogen-bond acceptors (Lipinski definition) is 2. The summed E-state index contributed by atoms with van der Waals surface area (Å²) in [6.45, 7) is 0. The van der Waals surface area contributed by atoms with Crippen molar-refractivity contribution in [2.45, 2.75) is 0 Å². The quantitative estimate of drug-likeness (QED) is 0.663. The summed E-state index contributed by atoms with van der Waals surface area (Å²) in [6, 6.07) is 0. The minimum absolute atomic E-state index is 3.69. The molecule has 0 aromatic heterocycles. The second kappa shape index (κ2) is 5.23. The van der Waals surface area contributed by atoms with Crippen molar-refractivity contribution >= 4 is 57.1 Å². The van der Waals surface area contributed by atoms with Gasteiger partial charge >= 0.3 is 12.1 Å². The summed E-state index contributed by atoms with van der Waals surface area (Å²) in [6.07, 6.45) is -7.39. The van der Waals surface area contributed by atoms with Crippen LogP contribution in [0.25, 0.3) is 0 Å². The Labute approximate surface area is 76.1 Å². The summed E-state index contributed by atoms with van der Waals surface area (Å²) in [5.74, 6) is 0. The zero-order valence-corrected chi connectivity index (χ0v) is 8.93. The highest BCUT2D eigenvalue weighted by molar-refractivity contribution is 8.04. The van der Waals surface area contributed by atoms with Gasteiger partial charge in [-0.1, -0.05) is 0 Å². The molecule has 0 saturated carbocycles. The van der Waals surface area contributed by atoms with Gasteiger partial charge < -0.3 is 9.79 Å². The molecule has 4 nitrogen and oxygen atoms in total. The van der Waals surface area contributed by atoms with Gasteiger partial charge in [-0.15, -0.1) is 0 Å². The van der Waals surface area contributed by atoms with E-state index in [1.165, 1.54) is 0 Å². The largest absolute Gasteiger partial charge is 0.377 e. The Morgan fingerprint density at radius 1 is 0.800 bits per heavy atom. The molecule has 0 fully saturated rings. The van der Waals surface area contributed by atoms with Crippen LogP contribution >= 0.6 is 57.1 Å². The van der Waals surface area contributed by atoms with E-state index in [4.69, 9.17) is 9.79 Å². The van der Waals surface area contributed by atoms with Crippen molar-refractivity contribution in [2.75, 3.05) is 0 Å². The minimum atomic E-state index is -3.69. The Bertz CT molecular complexity index is 128. The summed E-state index contributed by atoms with van der Waals surface area (Å²) in [5, 5.41) is 0. The third-order valence-corrected chi connectivity index (χ3v) is 0. The van der Waals surface area contributed by atoms with E-state index in [-0.39, 0.29) is 0 Å². The van der Waals surface area contributed by atoms with Gasteiger partial charge in [0.2, 0.25) is 0 Å². The average Bonchev–Trinajstić information content (AvgIpc) is 1.12. The van der Waals surface area contributed by atoms with E-state index in [1.54, 1.807) is 0 Å². The minimum Gasteiger partial charge on any atom is -0.322 e. The Kier molecular flexibility index (Phi) is 7.37. The molecule has 0 amide bonds. The zero-order chi connectivity index (χ0) is 9.00. The van der Waals surface area contributed by atoms with Gasteiger partial charge in [0.25, 0.3) is 0 Å². The summed E-state index contributed by atoms with van der Waals surface area (Å²) in [7, 11) is 0. The molecule has 64 valence electrons. The van der Waals surface area contributed by atoms with Crippen molar-refractivity contribution in [3.63, 3.8) is 0 Å². The molecule has 0 bridgehead atoms. The van der Waals surface area contributed by atoms with Crippen LogP contribution in [0.1, 0.15) is 0 Å². The summed E-state index contributed by atoms with van der Waals surface area (Å²) in [5.41, 5.74) is 0. The normalized spacial score (nSPS) is 11.8. The number of halogens is 4. The maximum Gasteiger partial charge on any atom is 0.377 e. The first-order valence-electron chi connectivity index (χ1n) is 1.44. The Hall–Kier alpha value is 1.54. The first kappa shape index (κ1) is 14.1. The van der Waals surface area contributed by atoms with E-state index in [9.17, 15) is 9.13 Å². The zero-order valence-electron chi connectivity index (χ0n) is 4.12. The lowest BCUT2D eigenvalue weighted by molar-refractivity contribution is 0.510. The number of hydrogen-bond donors (Lipinski definition) is 2. The number of rotatable bonds is 0. The van der Waals surface area contributed by atoms with Crippen molar-refractivity contribution in [1.82, 2.24) is 0 Å². The first-order valence-corrected chi connectivity index (χ1v) is 8.38. The monoisotopic (exact) mass is 268 g/mol. The molecule has 0 aromatic rings. The molecule has 0 aliphatic rings. The lowest BCUT2D eigenvalue weighted by Gasteiger charge is -1.77. The van der Waals surface area contributed by atoms with Crippen LogP contribution in [0.3, 0.4) is 0 Å². The van der Waals surface area contributed by atoms with Crippen molar-refractivity contribution in [3.8, 4) is 0 Å². The lowest BCUT2D eigenvalue weighted by atomic mass is 15.9. The van der Waals surface area contributed by atoms with Gasteiger partial charge in [0.05, 0.1) is 0 Å². The lowest BCUT2D eigenvalue weighted by Crippen LogP contribution is -1.39. The molecule has 10 heavy (non-hydrogen) atoms. The van der Waals surface area contributed by atoms with Crippen LogP contribution in [-0.4, -0.2) is 9.79 Å². The second-order valence-electron chi connectivity index (χ2n) is 0.869. The maximum absolute atomic E-state index is 9.30. The third-order valence-electron chi connectivity index (χ3n) is 0. The van der Waals surface area contributed by atoms with Gasteiger partial charge in [0, 0.05) is 0 Å². The van der Waals surface area contributed by atoms with Crippen molar-refractivity contribution in [1.29, 1.82) is 0 Å². The van der Waals surface area contributed by atoms with Crippen LogP contribution in [0.5, 0.6) is 0 Å². The first-order chi connectivity index (χ1) is 4.00. The summed E-state index contributed by atoms with van der Waals surface area (Å²) < 4.78 is 18.6. The Morgan fingerprint density at radius 2 is 0.800 bits per heavy atom. The van der Waals surface area contributed by atoms with Crippen molar-refractivity contribution in [3.05, 3.63) is 0 Å². The van der Waals surface area contributed by atoms with Gasteiger partial charge in [-0.25, -0.2) is 0 Å². The molecule has 0 heterocycles. The molecule has 10 heteroatoms. The molecule has 0 radical (unpaired) electrons. The topological polar surface area (TPSA) is 74.6 Å². The summed E-state index contributed by atoms with van der Waals surface area (Å²) >= 11 is 17.6. The van der Waals surface area contributed by atoms with Crippen LogP contribution in [-0.2, 0) is 9.13 Å². The molecule has 0 aromatic carbocycles. The molecule has 0 spiro atoms. The van der Waals surface area contributed by atoms with Crippen molar-refractivity contribution < 1.29 is 18.9 Å². The van der Waals surface area contributed by atoms with E-state index >= 15 is 0 Å². The van der Waals surface area contributed by atoms with Crippen LogP contribution in [0.2, 0.25) is 0 Å². The highest BCUT2D eigenvalue weighted by Gasteiger charge is 2.02. The molecule has 0 rings (SSSR count). The SMILES string of the molecule is O=P(O)(Cl)Cl.O=P(O)(Cl)Cl. The van der Waals surface area contributed by atoms with E-state index in [2.05, 4.69) is 45.0 Å². The van der Waals surface area contributed by atoms with Crippen molar-refractivity contribution in [2.24, 2.45) is 0 Å². The smallest absolute Gasteiger partial charge is 0.322 e. The fourth-order valence-electron chi connectivity index (χ4n) is 0. The van der Waals surface area contributed by atoms with Gasteiger partial charge in [-0.05, 0) is 45.0 Å². The average molecular weight is 270 g/mol. The molecule has 2 N–H and O–H groups in total. The highest BCUT2D eigenvalue weighted by Crippen LogP contribution is 2.51. The second-order valence-corrected chi connectivity index (χ2v) is 9.15. The molecular weight excluding hydrogens is 268 g/mol. The van der Waals surface area contributed by atoms with Gasteiger partial charge in [-0.3, -0.25) is 9.13 Å². The van der Waals surface area contributed by atoms with E-state index in [0.717, 1.165) is 0 Å².